The van der Waals surface area contributed by atoms with Gasteiger partial charge >= 0.3 is 6.03 Å². The minimum absolute atomic E-state index is 0.151. The summed E-state index contributed by atoms with van der Waals surface area (Å²) in [5.74, 6) is 0.716. The van der Waals surface area contributed by atoms with E-state index < -0.39 is 12.1 Å². The molecule has 1 aliphatic rings. The van der Waals surface area contributed by atoms with Gasteiger partial charge in [0.15, 0.2) is 0 Å². The number of aromatic nitrogens is 1. The van der Waals surface area contributed by atoms with Gasteiger partial charge in [-0.05, 0) is 44.4 Å². The van der Waals surface area contributed by atoms with Gasteiger partial charge in [0.05, 0.1) is 11.9 Å². The summed E-state index contributed by atoms with van der Waals surface area (Å²) in [7, 11) is 0. The van der Waals surface area contributed by atoms with Crippen LogP contribution in [0.25, 0.3) is 0 Å². The zero-order valence-electron chi connectivity index (χ0n) is 17.0. The summed E-state index contributed by atoms with van der Waals surface area (Å²) in [5, 5.41) is 8.56. The van der Waals surface area contributed by atoms with Crippen molar-refractivity contribution in [2.75, 3.05) is 23.3 Å². The van der Waals surface area contributed by atoms with Gasteiger partial charge in [0.25, 0.3) is 0 Å². The number of anilines is 2. The predicted molar refractivity (Wildman–Crippen MR) is 115 cm³/mol. The first-order valence-electron chi connectivity index (χ1n) is 10.2. The topological polar surface area (TPSA) is 86.4 Å². The zero-order chi connectivity index (χ0) is 20.6. The SMILES string of the molecule is CCN(CC)c1ccc(NC(=O)N[C@@H](Cc2ccccc2)C(=O)NC2CC2)cn1. The first-order chi connectivity index (χ1) is 14.1. The van der Waals surface area contributed by atoms with Gasteiger partial charge in [0.1, 0.15) is 11.9 Å². The Kier molecular flexibility index (Phi) is 7.05. The quantitative estimate of drug-likeness (QED) is 0.609. The van der Waals surface area contributed by atoms with Gasteiger partial charge in [-0.2, -0.15) is 0 Å². The molecule has 29 heavy (non-hydrogen) atoms. The third-order valence-electron chi connectivity index (χ3n) is 4.92. The number of carbonyl (C=O) groups is 2. The van der Waals surface area contributed by atoms with E-state index in [1.54, 1.807) is 6.20 Å². The standard InChI is InChI=1S/C22H29N5O2/c1-3-27(4-2)20-13-12-18(15-23-20)25-22(29)26-19(21(28)24-17-10-11-17)14-16-8-6-5-7-9-16/h5-9,12-13,15,17,19H,3-4,10-11,14H2,1-2H3,(H,24,28)(H2,25,26,29)/t19-/m0/s1. The molecular formula is C22H29N5O2. The Hall–Kier alpha value is -3.09. The molecule has 1 aromatic heterocycles. The second-order valence-corrected chi connectivity index (χ2v) is 7.20. The number of rotatable bonds is 9. The summed E-state index contributed by atoms with van der Waals surface area (Å²) in [6.45, 7) is 5.89. The monoisotopic (exact) mass is 395 g/mol. The van der Waals surface area contributed by atoms with Crippen LogP contribution in [0.1, 0.15) is 32.3 Å². The molecule has 0 saturated heterocycles. The molecule has 7 nitrogen and oxygen atoms in total. The van der Waals surface area contributed by atoms with Crippen LogP contribution in [0.3, 0.4) is 0 Å². The molecule has 0 aliphatic heterocycles. The van der Waals surface area contributed by atoms with Crippen molar-refractivity contribution in [1.29, 1.82) is 0 Å². The molecule has 0 bridgehead atoms. The average Bonchev–Trinajstić information content (AvgIpc) is 3.54. The van der Waals surface area contributed by atoms with E-state index in [2.05, 4.69) is 39.7 Å². The first-order valence-corrected chi connectivity index (χ1v) is 10.2. The van der Waals surface area contributed by atoms with E-state index in [1.165, 1.54) is 0 Å². The fourth-order valence-corrected chi connectivity index (χ4v) is 3.11. The van der Waals surface area contributed by atoms with Crippen LogP contribution in [0.4, 0.5) is 16.3 Å². The molecule has 1 aliphatic carbocycles. The molecule has 0 spiro atoms. The van der Waals surface area contributed by atoms with E-state index in [-0.39, 0.29) is 11.9 Å². The first kappa shape index (κ1) is 20.6. The molecule has 1 aromatic carbocycles. The third-order valence-corrected chi connectivity index (χ3v) is 4.92. The molecule has 1 saturated carbocycles. The fraction of sp³-hybridized carbons (Fsp3) is 0.409. The number of urea groups is 1. The highest BCUT2D eigenvalue weighted by atomic mass is 16.2. The summed E-state index contributed by atoms with van der Waals surface area (Å²) in [6, 6.07) is 12.6. The predicted octanol–water partition coefficient (Wildman–Crippen LogP) is 2.94. The number of hydrogen-bond donors (Lipinski definition) is 3. The number of nitrogens with one attached hydrogen (secondary N) is 3. The normalized spacial score (nSPS) is 14.0. The van der Waals surface area contributed by atoms with E-state index in [1.807, 2.05) is 42.5 Å². The van der Waals surface area contributed by atoms with Crippen LogP contribution in [0.15, 0.2) is 48.7 Å². The second-order valence-electron chi connectivity index (χ2n) is 7.20. The van der Waals surface area contributed by atoms with E-state index in [0.29, 0.717) is 12.1 Å². The molecule has 1 heterocycles. The minimum Gasteiger partial charge on any atom is -0.357 e. The van der Waals surface area contributed by atoms with Crippen molar-refractivity contribution in [1.82, 2.24) is 15.6 Å². The summed E-state index contributed by atoms with van der Waals surface area (Å²) in [6.07, 6.45) is 4.07. The Balaban J connectivity index is 1.61. The molecule has 3 rings (SSSR count). The smallest absolute Gasteiger partial charge is 0.319 e. The molecule has 3 amide bonds. The Morgan fingerprint density at radius 2 is 1.83 bits per heavy atom. The van der Waals surface area contributed by atoms with Gasteiger partial charge in [0, 0.05) is 25.6 Å². The lowest BCUT2D eigenvalue weighted by molar-refractivity contribution is -0.123. The van der Waals surface area contributed by atoms with Crippen molar-refractivity contribution in [2.45, 2.75) is 45.2 Å². The summed E-state index contributed by atoms with van der Waals surface area (Å²) >= 11 is 0. The van der Waals surface area contributed by atoms with Crippen molar-refractivity contribution >= 4 is 23.4 Å². The Labute approximate surface area is 171 Å². The van der Waals surface area contributed by atoms with Crippen LogP contribution in [0.2, 0.25) is 0 Å². The van der Waals surface area contributed by atoms with Gasteiger partial charge in [0.2, 0.25) is 5.91 Å². The Bertz CT molecular complexity index is 802. The fourth-order valence-electron chi connectivity index (χ4n) is 3.11. The van der Waals surface area contributed by atoms with Crippen LogP contribution in [0, 0.1) is 0 Å². The highest BCUT2D eigenvalue weighted by Gasteiger charge is 2.28. The van der Waals surface area contributed by atoms with Crippen LogP contribution in [0.5, 0.6) is 0 Å². The molecule has 3 N–H and O–H groups in total. The number of nitrogens with zero attached hydrogens (tertiary/aromatic N) is 2. The minimum atomic E-state index is -0.638. The van der Waals surface area contributed by atoms with Crippen molar-refractivity contribution in [3.63, 3.8) is 0 Å². The number of pyridine rings is 1. The maximum Gasteiger partial charge on any atom is 0.319 e. The highest BCUT2D eigenvalue weighted by Crippen LogP contribution is 2.19. The molecule has 1 fully saturated rings. The second kappa shape index (κ2) is 9.91. The summed E-state index contributed by atoms with van der Waals surface area (Å²) in [5.41, 5.74) is 1.58. The Morgan fingerprint density at radius 3 is 2.41 bits per heavy atom. The van der Waals surface area contributed by atoms with Crippen LogP contribution in [-0.4, -0.2) is 42.1 Å². The van der Waals surface area contributed by atoms with Gasteiger partial charge in [-0.3, -0.25) is 4.79 Å². The maximum absolute atomic E-state index is 12.6. The van der Waals surface area contributed by atoms with E-state index >= 15 is 0 Å². The molecular weight excluding hydrogens is 366 g/mol. The van der Waals surface area contributed by atoms with Crippen molar-refractivity contribution in [3.05, 3.63) is 54.2 Å². The molecule has 2 aromatic rings. The summed E-state index contributed by atoms with van der Waals surface area (Å²) < 4.78 is 0. The number of hydrogen-bond acceptors (Lipinski definition) is 4. The molecule has 1 atom stereocenters. The molecule has 0 unspecified atom stereocenters. The maximum atomic E-state index is 12.6. The van der Waals surface area contributed by atoms with E-state index in [4.69, 9.17) is 0 Å². The number of amides is 3. The van der Waals surface area contributed by atoms with E-state index in [9.17, 15) is 9.59 Å². The lowest BCUT2D eigenvalue weighted by Crippen LogP contribution is -2.49. The van der Waals surface area contributed by atoms with Crippen molar-refractivity contribution in [3.8, 4) is 0 Å². The Morgan fingerprint density at radius 1 is 1.10 bits per heavy atom. The lowest BCUT2D eigenvalue weighted by Gasteiger charge is -2.20. The van der Waals surface area contributed by atoms with Crippen molar-refractivity contribution in [2.24, 2.45) is 0 Å². The van der Waals surface area contributed by atoms with Crippen LogP contribution >= 0.6 is 0 Å². The number of benzene rings is 1. The van der Waals surface area contributed by atoms with Crippen LogP contribution < -0.4 is 20.9 Å². The van der Waals surface area contributed by atoms with Crippen molar-refractivity contribution < 1.29 is 9.59 Å². The van der Waals surface area contributed by atoms with E-state index in [0.717, 1.165) is 37.3 Å². The number of carbonyl (C=O) groups excluding carboxylic acids is 2. The van der Waals surface area contributed by atoms with Crippen LogP contribution in [-0.2, 0) is 11.2 Å². The summed E-state index contributed by atoms with van der Waals surface area (Å²) in [4.78, 5) is 31.6. The molecule has 0 radical (unpaired) electrons. The molecule has 154 valence electrons. The molecule has 7 heteroatoms. The van der Waals surface area contributed by atoms with Gasteiger partial charge in [-0.15, -0.1) is 0 Å². The highest BCUT2D eigenvalue weighted by molar-refractivity contribution is 5.94. The third kappa shape index (κ3) is 6.20. The lowest BCUT2D eigenvalue weighted by atomic mass is 10.1. The van der Waals surface area contributed by atoms with Gasteiger partial charge < -0.3 is 20.9 Å². The zero-order valence-corrected chi connectivity index (χ0v) is 17.0. The van der Waals surface area contributed by atoms with Gasteiger partial charge in [-0.1, -0.05) is 30.3 Å². The average molecular weight is 396 g/mol. The largest absolute Gasteiger partial charge is 0.357 e. The van der Waals surface area contributed by atoms with Gasteiger partial charge in [-0.25, -0.2) is 9.78 Å².